The molecule has 0 spiro atoms. The molecule has 0 atom stereocenters. The van der Waals surface area contributed by atoms with Crippen LogP contribution in [0, 0.1) is 5.82 Å². The Kier molecular flexibility index (Phi) is 5.70. The van der Waals surface area contributed by atoms with Crippen molar-refractivity contribution < 1.29 is 17.6 Å². The van der Waals surface area contributed by atoms with E-state index in [1.807, 2.05) is 0 Å². The van der Waals surface area contributed by atoms with Crippen LogP contribution in [0.3, 0.4) is 0 Å². The summed E-state index contributed by atoms with van der Waals surface area (Å²) in [5.41, 5.74) is 8.54. The number of rotatable bonds is 5. The van der Waals surface area contributed by atoms with E-state index in [0.717, 1.165) is 11.1 Å². The van der Waals surface area contributed by atoms with Gasteiger partial charge in [-0.15, -0.1) is 0 Å². The molecule has 0 aliphatic heterocycles. The van der Waals surface area contributed by atoms with Crippen molar-refractivity contribution >= 4 is 27.1 Å². The summed E-state index contributed by atoms with van der Waals surface area (Å²) in [5.74, 6) is -0.791. The molecule has 0 radical (unpaired) electrons. The molecule has 0 unspecified atom stereocenters. The standard InChI is InChI=1S/C24H18FN3O3S/c25-19-9-4-16(5-10-19)18-8-13-21(26)22(15-18)28-24(29)17-6-11-20(12-7-17)32(30,31)23-3-1-2-14-27-23/h1-15H,26H2,(H,28,29). The van der Waals surface area contributed by atoms with Gasteiger partial charge in [-0.3, -0.25) is 4.79 Å². The molecule has 160 valence electrons. The van der Waals surface area contributed by atoms with Gasteiger partial charge in [-0.25, -0.2) is 17.8 Å². The molecule has 1 amide bonds. The van der Waals surface area contributed by atoms with Crippen molar-refractivity contribution in [2.45, 2.75) is 9.92 Å². The minimum absolute atomic E-state index is 0.0329. The van der Waals surface area contributed by atoms with Gasteiger partial charge in [0.15, 0.2) is 5.03 Å². The molecular formula is C24H18FN3O3S. The van der Waals surface area contributed by atoms with E-state index < -0.39 is 15.7 Å². The number of nitrogens with zero attached hydrogens (tertiary/aromatic N) is 1. The predicted octanol–water partition coefficient (Wildman–Crippen LogP) is 4.56. The first kappa shape index (κ1) is 21.2. The molecular weight excluding hydrogens is 429 g/mol. The third-order valence-electron chi connectivity index (χ3n) is 4.82. The Labute approximate surface area is 184 Å². The Hall–Kier alpha value is -4.04. The van der Waals surface area contributed by atoms with Crippen LogP contribution in [0.25, 0.3) is 11.1 Å². The van der Waals surface area contributed by atoms with Crippen LogP contribution < -0.4 is 11.1 Å². The summed E-state index contributed by atoms with van der Waals surface area (Å²) in [4.78, 5) is 16.6. The SMILES string of the molecule is Nc1ccc(-c2ccc(F)cc2)cc1NC(=O)c1ccc(S(=O)(=O)c2ccccn2)cc1. The largest absolute Gasteiger partial charge is 0.397 e. The fourth-order valence-corrected chi connectivity index (χ4v) is 4.29. The summed E-state index contributed by atoms with van der Waals surface area (Å²) in [7, 11) is -3.78. The Morgan fingerprint density at radius 2 is 1.56 bits per heavy atom. The van der Waals surface area contributed by atoms with Gasteiger partial charge in [-0.05, 0) is 71.8 Å². The second-order valence-electron chi connectivity index (χ2n) is 6.96. The maximum atomic E-state index is 13.2. The van der Waals surface area contributed by atoms with Crippen molar-refractivity contribution in [3.8, 4) is 11.1 Å². The maximum Gasteiger partial charge on any atom is 0.255 e. The first-order chi connectivity index (χ1) is 15.3. The van der Waals surface area contributed by atoms with Crippen molar-refractivity contribution in [3.05, 3.63) is 103 Å². The molecule has 8 heteroatoms. The van der Waals surface area contributed by atoms with E-state index in [4.69, 9.17) is 5.73 Å². The van der Waals surface area contributed by atoms with Crippen LogP contribution in [0.4, 0.5) is 15.8 Å². The summed E-state index contributed by atoms with van der Waals surface area (Å²) < 4.78 is 38.5. The third-order valence-corrected chi connectivity index (χ3v) is 6.50. The normalized spacial score (nSPS) is 11.2. The van der Waals surface area contributed by atoms with Crippen LogP contribution in [-0.2, 0) is 9.84 Å². The van der Waals surface area contributed by atoms with Gasteiger partial charge in [0.05, 0.1) is 16.3 Å². The van der Waals surface area contributed by atoms with E-state index in [1.54, 1.807) is 42.5 Å². The van der Waals surface area contributed by atoms with Crippen LogP contribution in [0.2, 0.25) is 0 Å². The van der Waals surface area contributed by atoms with Crippen molar-refractivity contribution in [1.82, 2.24) is 4.98 Å². The zero-order chi connectivity index (χ0) is 22.7. The first-order valence-electron chi connectivity index (χ1n) is 9.57. The lowest BCUT2D eigenvalue weighted by Crippen LogP contribution is -2.13. The summed E-state index contributed by atoms with van der Waals surface area (Å²) in [6, 6.07) is 21.3. The van der Waals surface area contributed by atoms with E-state index >= 15 is 0 Å². The van der Waals surface area contributed by atoms with Gasteiger partial charge >= 0.3 is 0 Å². The van der Waals surface area contributed by atoms with E-state index in [0.29, 0.717) is 11.4 Å². The van der Waals surface area contributed by atoms with Gasteiger partial charge in [0.25, 0.3) is 5.91 Å². The van der Waals surface area contributed by atoms with Gasteiger partial charge in [0.1, 0.15) is 5.82 Å². The van der Waals surface area contributed by atoms with Gasteiger partial charge in [-0.1, -0.05) is 24.3 Å². The van der Waals surface area contributed by atoms with Crippen LogP contribution in [0.15, 0.2) is 101 Å². The second kappa shape index (κ2) is 8.60. The predicted molar refractivity (Wildman–Crippen MR) is 120 cm³/mol. The molecule has 0 aliphatic carbocycles. The number of nitrogen functional groups attached to an aromatic ring is 1. The topological polar surface area (TPSA) is 102 Å². The highest BCUT2D eigenvalue weighted by Crippen LogP contribution is 2.28. The zero-order valence-electron chi connectivity index (χ0n) is 16.7. The second-order valence-corrected chi connectivity index (χ2v) is 8.86. The van der Waals surface area contributed by atoms with Crippen LogP contribution in [0.5, 0.6) is 0 Å². The van der Waals surface area contributed by atoms with Crippen molar-refractivity contribution in [2.24, 2.45) is 0 Å². The lowest BCUT2D eigenvalue weighted by molar-refractivity contribution is 0.102. The molecule has 0 bridgehead atoms. The summed E-state index contributed by atoms with van der Waals surface area (Å²) in [6.07, 6.45) is 1.40. The highest BCUT2D eigenvalue weighted by Gasteiger charge is 2.19. The summed E-state index contributed by atoms with van der Waals surface area (Å²) >= 11 is 0. The van der Waals surface area contributed by atoms with E-state index in [1.165, 1.54) is 48.7 Å². The highest BCUT2D eigenvalue weighted by molar-refractivity contribution is 7.91. The molecule has 1 heterocycles. The zero-order valence-corrected chi connectivity index (χ0v) is 17.5. The van der Waals surface area contributed by atoms with Crippen LogP contribution >= 0.6 is 0 Å². The molecule has 1 aromatic heterocycles. The summed E-state index contributed by atoms with van der Waals surface area (Å²) in [5, 5.41) is 2.67. The molecule has 0 fully saturated rings. The van der Waals surface area contributed by atoms with E-state index in [-0.39, 0.29) is 21.3 Å². The average molecular weight is 447 g/mol. The van der Waals surface area contributed by atoms with Gasteiger partial charge in [-0.2, -0.15) is 0 Å². The Morgan fingerprint density at radius 1 is 0.875 bits per heavy atom. The van der Waals surface area contributed by atoms with Gasteiger partial charge in [0.2, 0.25) is 9.84 Å². The number of nitrogens with two attached hydrogens (primary N) is 1. The van der Waals surface area contributed by atoms with E-state index in [2.05, 4.69) is 10.3 Å². The molecule has 3 aromatic carbocycles. The minimum atomic E-state index is -3.78. The Morgan fingerprint density at radius 3 is 2.22 bits per heavy atom. The molecule has 6 nitrogen and oxygen atoms in total. The monoisotopic (exact) mass is 447 g/mol. The van der Waals surface area contributed by atoms with Crippen molar-refractivity contribution in [3.63, 3.8) is 0 Å². The molecule has 0 aliphatic rings. The number of nitrogens with one attached hydrogen (secondary N) is 1. The van der Waals surface area contributed by atoms with Crippen LogP contribution in [-0.4, -0.2) is 19.3 Å². The average Bonchev–Trinajstić information content (AvgIpc) is 2.81. The first-order valence-corrected chi connectivity index (χ1v) is 11.1. The fraction of sp³-hybridized carbons (Fsp3) is 0. The minimum Gasteiger partial charge on any atom is -0.397 e. The molecule has 4 rings (SSSR count). The van der Waals surface area contributed by atoms with Crippen LogP contribution in [0.1, 0.15) is 10.4 Å². The highest BCUT2D eigenvalue weighted by atomic mass is 32.2. The fourth-order valence-electron chi connectivity index (χ4n) is 3.09. The molecule has 0 saturated heterocycles. The molecule has 0 saturated carbocycles. The molecule has 4 aromatic rings. The number of pyridine rings is 1. The number of sulfone groups is 1. The number of halogens is 1. The summed E-state index contributed by atoms with van der Waals surface area (Å²) in [6.45, 7) is 0. The lowest BCUT2D eigenvalue weighted by atomic mass is 10.0. The number of carbonyl (C=O) groups is 1. The third kappa shape index (κ3) is 4.35. The smallest absolute Gasteiger partial charge is 0.255 e. The lowest BCUT2D eigenvalue weighted by Gasteiger charge is -2.11. The number of carbonyl (C=O) groups excluding carboxylic acids is 1. The number of anilines is 2. The van der Waals surface area contributed by atoms with Gasteiger partial charge < -0.3 is 11.1 Å². The Balaban J connectivity index is 1.56. The number of amides is 1. The van der Waals surface area contributed by atoms with Gasteiger partial charge in [0, 0.05) is 11.8 Å². The van der Waals surface area contributed by atoms with Crippen molar-refractivity contribution in [2.75, 3.05) is 11.1 Å². The maximum absolute atomic E-state index is 13.2. The van der Waals surface area contributed by atoms with Crippen molar-refractivity contribution in [1.29, 1.82) is 0 Å². The number of hydrogen-bond acceptors (Lipinski definition) is 5. The Bertz CT molecular complexity index is 1370. The quantitative estimate of drug-likeness (QED) is 0.437. The number of hydrogen-bond donors (Lipinski definition) is 2. The number of benzene rings is 3. The number of aromatic nitrogens is 1. The van der Waals surface area contributed by atoms with E-state index in [9.17, 15) is 17.6 Å². The molecule has 3 N–H and O–H groups in total. The molecule has 32 heavy (non-hydrogen) atoms.